The van der Waals surface area contributed by atoms with Crippen molar-refractivity contribution in [2.45, 2.75) is 45.3 Å². The average Bonchev–Trinajstić information content (AvgIpc) is 2.88. The lowest BCUT2D eigenvalue weighted by Gasteiger charge is -2.32. The molecule has 1 saturated carbocycles. The first kappa shape index (κ1) is 10.6. The zero-order valence-corrected chi connectivity index (χ0v) is 10.5. The highest BCUT2D eigenvalue weighted by Gasteiger charge is 2.52. The molecule has 3 rings (SSSR count). The standard InChI is InChI=1S/C13H19BO2/c1-12(2)13(3,4)16-14(15-12)11-6-5-9-7-10(9)8-11/h5-6,8-10H,7H2,1-4H3. The maximum absolute atomic E-state index is 6.03. The Hall–Kier alpha value is -0.535. The first-order valence-electron chi connectivity index (χ1n) is 6.15. The second-order valence-electron chi connectivity index (χ2n) is 6.18. The summed E-state index contributed by atoms with van der Waals surface area (Å²) < 4.78 is 12.1. The van der Waals surface area contributed by atoms with E-state index in [1.54, 1.807) is 0 Å². The second-order valence-corrected chi connectivity index (χ2v) is 6.18. The Balaban J connectivity index is 1.81. The fourth-order valence-electron chi connectivity index (χ4n) is 2.32. The van der Waals surface area contributed by atoms with Crippen molar-refractivity contribution in [1.29, 1.82) is 0 Å². The van der Waals surface area contributed by atoms with Crippen LogP contribution in [0.5, 0.6) is 0 Å². The Morgan fingerprint density at radius 3 is 2.31 bits per heavy atom. The van der Waals surface area contributed by atoms with E-state index in [4.69, 9.17) is 9.31 Å². The molecule has 0 aromatic heterocycles. The lowest BCUT2D eigenvalue weighted by atomic mass is 9.76. The molecule has 2 fully saturated rings. The van der Waals surface area contributed by atoms with Gasteiger partial charge in [0.25, 0.3) is 0 Å². The molecule has 1 saturated heterocycles. The van der Waals surface area contributed by atoms with Gasteiger partial charge in [0.2, 0.25) is 0 Å². The molecule has 2 aliphatic carbocycles. The SMILES string of the molecule is CC1(C)OB(C2=CC3CC3C=C2)OC1(C)C. The number of allylic oxidation sites excluding steroid dienone is 4. The minimum Gasteiger partial charge on any atom is -0.399 e. The third-order valence-corrected chi connectivity index (χ3v) is 4.36. The first-order chi connectivity index (χ1) is 7.39. The molecule has 2 atom stereocenters. The van der Waals surface area contributed by atoms with Crippen molar-refractivity contribution in [1.82, 2.24) is 0 Å². The fraction of sp³-hybridized carbons (Fsp3) is 0.692. The molecular weight excluding hydrogens is 199 g/mol. The Labute approximate surface area is 97.8 Å². The van der Waals surface area contributed by atoms with E-state index in [0.29, 0.717) is 0 Å². The van der Waals surface area contributed by atoms with Crippen molar-refractivity contribution < 1.29 is 9.31 Å². The van der Waals surface area contributed by atoms with Gasteiger partial charge in [-0.1, -0.05) is 18.2 Å². The van der Waals surface area contributed by atoms with E-state index in [0.717, 1.165) is 11.8 Å². The van der Waals surface area contributed by atoms with Gasteiger partial charge in [0.05, 0.1) is 11.2 Å². The molecule has 0 amide bonds. The second kappa shape index (κ2) is 3.02. The minimum atomic E-state index is -0.229. The van der Waals surface area contributed by atoms with Crippen molar-refractivity contribution >= 4 is 7.12 Å². The van der Waals surface area contributed by atoms with Gasteiger partial charge in [-0.2, -0.15) is 0 Å². The summed E-state index contributed by atoms with van der Waals surface area (Å²) in [5, 5.41) is 0. The van der Waals surface area contributed by atoms with Gasteiger partial charge in [0.1, 0.15) is 0 Å². The van der Waals surface area contributed by atoms with Crippen LogP contribution in [-0.4, -0.2) is 18.3 Å². The molecule has 3 heteroatoms. The van der Waals surface area contributed by atoms with Crippen molar-refractivity contribution in [3.63, 3.8) is 0 Å². The molecule has 0 aromatic rings. The van der Waals surface area contributed by atoms with Crippen LogP contribution in [0.1, 0.15) is 34.1 Å². The maximum atomic E-state index is 6.03. The quantitative estimate of drug-likeness (QED) is 0.630. The molecule has 1 heterocycles. The molecular formula is C13H19BO2. The molecule has 86 valence electrons. The third-order valence-electron chi connectivity index (χ3n) is 4.36. The monoisotopic (exact) mass is 218 g/mol. The van der Waals surface area contributed by atoms with Gasteiger partial charge >= 0.3 is 7.12 Å². The van der Waals surface area contributed by atoms with E-state index in [9.17, 15) is 0 Å². The van der Waals surface area contributed by atoms with Crippen LogP contribution in [-0.2, 0) is 9.31 Å². The highest BCUT2D eigenvalue weighted by Crippen LogP contribution is 2.46. The van der Waals surface area contributed by atoms with Gasteiger partial charge in [-0.3, -0.25) is 0 Å². The molecule has 16 heavy (non-hydrogen) atoms. The van der Waals surface area contributed by atoms with E-state index in [-0.39, 0.29) is 18.3 Å². The zero-order chi connectivity index (χ0) is 11.6. The van der Waals surface area contributed by atoms with Crippen LogP contribution in [0.15, 0.2) is 23.7 Å². The molecule has 0 spiro atoms. The van der Waals surface area contributed by atoms with Gasteiger partial charge < -0.3 is 9.31 Å². The molecule has 0 N–H and O–H groups in total. The summed E-state index contributed by atoms with van der Waals surface area (Å²) in [4.78, 5) is 0. The summed E-state index contributed by atoms with van der Waals surface area (Å²) in [6.07, 6.45) is 8.10. The van der Waals surface area contributed by atoms with Gasteiger partial charge in [-0.25, -0.2) is 0 Å². The Morgan fingerprint density at radius 2 is 1.75 bits per heavy atom. The van der Waals surface area contributed by atoms with Gasteiger partial charge in [0, 0.05) is 0 Å². The van der Waals surface area contributed by atoms with Crippen molar-refractivity contribution in [2.75, 3.05) is 0 Å². The summed E-state index contributed by atoms with van der Waals surface area (Å²) in [5.74, 6) is 1.55. The van der Waals surface area contributed by atoms with Crippen LogP contribution in [0, 0.1) is 11.8 Å². The van der Waals surface area contributed by atoms with Crippen LogP contribution in [0.25, 0.3) is 0 Å². The van der Waals surface area contributed by atoms with E-state index < -0.39 is 0 Å². The lowest BCUT2D eigenvalue weighted by molar-refractivity contribution is 0.00578. The first-order valence-corrected chi connectivity index (χ1v) is 6.15. The van der Waals surface area contributed by atoms with E-state index in [1.807, 2.05) is 0 Å². The zero-order valence-electron chi connectivity index (χ0n) is 10.5. The van der Waals surface area contributed by atoms with Crippen molar-refractivity contribution in [3.8, 4) is 0 Å². The fourth-order valence-corrected chi connectivity index (χ4v) is 2.32. The van der Waals surface area contributed by atoms with Crippen LogP contribution >= 0.6 is 0 Å². The number of rotatable bonds is 1. The Kier molecular flexibility index (Phi) is 2.00. The minimum absolute atomic E-state index is 0.178. The molecule has 1 aliphatic heterocycles. The highest BCUT2D eigenvalue weighted by atomic mass is 16.7. The smallest absolute Gasteiger partial charge is 0.399 e. The van der Waals surface area contributed by atoms with Crippen molar-refractivity contribution in [2.24, 2.45) is 11.8 Å². The van der Waals surface area contributed by atoms with Crippen LogP contribution in [0.2, 0.25) is 0 Å². The molecule has 2 nitrogen and oxygen atoms in total. The molecule has 3 aliphatic rings. The topological polar surface area (TPSA) is 18.5 Å². The molecule has 0 aromatic carbocycles. The Bertz CT molecular complexity index is 365. The van der Waals surface area contributed by atoms with Gasteiger partial charge in [0.15, 0.2) is 0 Å². The highest BCUT2D eigenvalue weighted by molar-refractivity contribution is 6.55. The van der Waals surface area contributed by atoms with E-state index in [1.165, 1.54) is 11.9 Å². The summed E-state index contributed by atoms with van der Waals surface area (Å²) in [5.41, 5.74) is 0.747. The van der Waals surface area contributed by atoms with Gasteiger partial charge in [-0.05, 0) is 51.4 Å². The number of hydrogen-bond acceptors (Lipinski definition) is 2. The van der Waals surface area contributed by atoms with E-state index in [2.05, 4.69) is 45.9 Å². The lowest BCUT2D eigenvalue weighted by Crippen LogP contribution is -2.41. The summed E-state index contributed by atoms with van der Waals surface area (Å²) in [6.45, 7) is 8.39. The summed E-state index contributed by atoms with van der Waals surface area (Å²) >= 11 is 0. The predicted octanol–water partition coefficient (Wildman–Crippen LogP) is 2.75. The van der Waals surface area contributed by atoms with Gasteiger partial charge in [-0.15, -0.1) is 0 Å². The van der Waals surface area contributed by atoms with E-state index >= 15 is 0 Å². The third kappa shape index (κ3) is 1.49. The maximum Gasteiger partial charge on any atom is 0.494 e. The molecule has 0 radical (unpaired) electrons. The summed E-state index contributed by atoms with van der Waals surface area (Å²) in [7, 11) is -0.178. The Morgan fingerprint density at radius 1 is 1.12 bits per heavy atom. The molecule has 2 unspecified atom stereocenters. The van der Waals surface area contributed by atoms with Crippen molar-refractivity contribution in [3.05, 3.63) is 23.7 Å². The summed E-state index contributed by atoms with van der Waals surface area (Å²) in [6, 6.07) is 0. The van der Waals surface area contributed by atoms with Crippen LogP contribution < -0.4 is 0 Å². The predicted molar refractivity (Wildman–Crippen MR) is 64.9 cm³/mol. The molecule has 0 bridgehead atoms. The number of hydrogen-bond donors (Lipinski definition) is 0. The van der Waals surface area contributed by atoms with Crippen LogP contribution in [0.3, 0.4) is 0 Å². The van der Waals surface area contributed by atoms with Crippen LogP contribution in [0.4, 0.5) is 0 Å². The normalized spacial score (nSPS) is 38.2. The largest absolute Gasteiger partial charge is 0.494 e. The average molecular weight is 218 g/mol. The number of fused-ring (bicyclic) bond motifs is 1.